The molecule has 1 N–H and O–H groups in total. The third kappa shape index (κ3) is 3.14. The molecule has 128 valence electrons. The molecule has 4 nitrogen and oxygen atoms in total. The molecule has 0 saturated heterocycles. The topological polar surface area (TPSA) is 54.9 Å². The molecule has 2 aliphatic rings. The van der Waals surface area contributed by atoms with Gasteiger partial charge in [-0.25, -0.2) is 0 Å². The maximum atomic E-state index is 12.7. The second-order valence-corrected chi connectivity index (χ2v) is 10.0. The molecule has 2 aliphatic carbocycles. The molecule has 0 aromatic carbocycles. The molecule has 0 aliphatic heterocycles. The number of hydrogen-bond donors (Lipinski definition) is 1. The lowest BCUT2D eigenvalue weighted by Gasteiger charge is -2.34. The molecular weight excluding hydrogens is 338 g/mol. The van der Waals surface area contributed by atoms with Gasteiger partial charge in [-0.05, 0) is 49.0 Å². The normalized spacial score (nSPS) is 20.7. The number of thiophene rings is 1. The predicted molar refractivity (Wildman–Crippen MR) is 99.1 cm³/mol. The van der Waals surface area contributed by atoms with E-state index in [4.69, 9.17) is 0 Å². The number of hydrogen-bond acceptors (Lipinski definition) is 5. The Bertz CT molecular complexity index is 768. The van der Waals surface area contributed by atoms with Crippen molar-refractivity contribution in [2.24, 2.45) is 11.3 Å². The average Bonchev–Trinajstić information content (AvgIpc) is 3.12. The Hall–Kier alpha value is -1.27. The summed E-state index contributed by atoms with van der Waals surface area (Å²) in [5.41, 5.74) is 2.42. The molecule has 24 heavy (non-hydrogen) atoms. The molecule has 1 atom stereocenters. The zero-order valence-electron chi connectivity index (χ0n) is 14.4. The van der Waals surface area contributed by atoms with Crippen LogP contribution in [0.5, 0.6) is 0 Å². The van der Waals surface area contributed by atoms with Crippen LogP contribution in [-0.4, -0.2) is 16.1 Å². The lowest BCUT2D eigenvalue weighted by Crippen LogP contribution is -2.27. The van der Waals surface area contributed by atoms with Crippen LogP contribution >= 0.6 is 22.7 Å². The van der Waals surface area contributed by atoms with Crippen LogP contribution in [0.3, 0.4) is 0 Å². The predicted octanol–water partition coefficient (Wildman–Crippen LogP) is 4.88. The van der Waals surface area contributed by atoms with Gasteiger partial charge in [0.1, 0.15) is 5.01 Å². The number of carbonyl (C=O) groups excluding carboxylic acids is 1. The zero-order chi connectivity index (χ0) is 16.9. The second-order valence-electron chi connectivity index (χ2n) is 8.03. The van der Waals surface area contributed by atoms with Gasteiger partial charge in [0.05, 0.1) is 5.56 Å². The largest absolute Gasteiger partial charge is 0.296 e. The van der Waals surface area contributed by atoms with Crippen molar-refractivity contribution < 1.29 is 4.79 Å². The maximum absolute atomic E-state index is 12.7. The molecule has 4 rings (SSSR count). The van der Waals surface area contributed by atoms with Crippen molar-refractivity contribution in [3.05, 3.63) is 26.4 Å². The van der Waals surface area contributed by atoms with Crippen LogP contribution in [0.2, 0.25) is 0 Å². The first-order valence-corrected chi connectivity index (χ1v) is 10.4. The smallest absolute Gasteiger partial charge is 0.258 e. The highest BCUT2D eigenvalue weighted by Crippen LogP contribution is 2.43. The summed E-state index contributed by atoms with van der Waals surface area (Å²) in [6, 6.07) is 0. The second kappa shape index (κ2) is 5.92. The highest BCUT2D eigenvalue weighted by atomic mass is 32.1. The van der Waals surface area contributed by atoms with Crippen LogP contribution in [0.1, 0.15) is 71.8 Å². The first-order valence-electron chi connectivity index (χ1n) is 8.66. The third-order valence-electron chi connectivity index (χ3n) is 5.21. The molecule has 1 unspecified atom stereocenters. The summed E-state index contributed by atoms with van der Waals surface area (Å²) in [6.07, 6.45) is 5.68. The summed E-state index contributed by atoms with van der Waals surface area (Å²) in [4.78, 5) is 14.0. The Kier molecular flexibility index (Phi) is 4.00. The van der Waals surface area contributed by atoms with E-state index in [0.717, 1.165) is 29.8 Å². The lowest BCUT2D eigenvalue weighted by atomic mass is 9.72. The lowest BCUT2D eigenvalue weighted by molar-refractivity contribution is 0.102. The van der Waals surface area contributed by atoms with Crippen molar-refractivity contribution in [2.45, 2.75) is 58.8 Å². The number of amides is 1. The number of anilines is 1. The van der Waals surface area contributed by atoms with Crippen molar-refractivity contribution in [1.82, 2.24) is 10.2 Å². The number of rotatable bonds is 3. The van der Waals surface area contributed by atoms with Crippen LogP contribution in [0, 0.1) is 11.3 Å². The quantitative estimate of drug-likeness (QED) is 0.847. The Morgan fingerprint density at radius 1 is 1.25 bits per heavy atom. The van der Waals surface area contributed by atoms with Crippen LogP contribution in [0.25, 0.3) is 0 Å². The molecule has 1 fully saturated rings. The van der Waals surface area contributed by atoms with E-state index in [1.54, 1.807) is 11.3 Å². The van der Waals surface area contributed by atoms with Crippen LogP contribution < -0.4 is 5.32 Å². The van der Waals surface area contributed by atoms with Crippen molar-refractivity contribution in [3.8, 4) is 0 Å². The van der Waals surface area contributed by atoms with Crippen LogP contribution in [0.4, 0.5) is 5.13 Å². The molecule has 0 radical (unpaired) electrons. The average molecular weight is 362 g/mol. The molecular formula is C18H23N3OS2. The van der Waals surface area contributed by atoms with E-state index < -0.39 is 0 Å². The van der Waals surface area contributed by atoms with E-state index in [9.17, 15) is 4.79 Å². The minimum Gasteiger partial charge on any atom is -0.296 e. The monoisotopic (exact) mass is 361 g/mol. The van der Waals surface area contributed by atoms with Crippen molar-refractivity contribution >= 4 is 33.7 Å². The fourth-order valence-electron chi connectivity index (χ4n) is 3.39. The summed E-state index contributed by atoms with van der Waals surface area (Å²) in [7, 11) is 0. The van der Waals surface area contributed by atoms with E-state index in [-0.39, 0.29) is 5.91 Å². The van der Waals surface area contributed by atoms with E-state index in [1.165, 1.54) is 34.6 Å². The molecule has 0 spiro atoms. The van der Waals surface area contributed by atoms with E-state index in [2.05, 4.69) is 36.3 Å². The van der Waals surface area contributed by atoms with E-state index in [1.807, 2.05) is 5.38 Å². The van der Waals surface area contributed by atoms with Gasteiger partial charge in [-0.3, -0.25) is 10.1 Å². The fourth-order valence-corrected chi connectivity index (χ4v) is 5.46. The molecule has 2 aromatic rings. The third-order valence-corrected chi connectivity index (χ3v) is 7.26. The van der Waals surface area contributed by atoms with Gasteiger partial charge in [0.25, 0.3) is 5.91 Å². The first kappa shape index (κ1) is 16.2. The maximum Gasteiger partial charge on any atom is 0.258 e. The van der Waals surface area contributed by atoms with Crippen LogP contribution in [0.15, 0.2) is 5.38 Å². The SMILES string of the molecule is CC(C)(C)C1CCc2c(C(=O)Nc3nnc(C4CC4)s3)csc2C1. The number of nitrogens with zero attached hydrogens (tertiary/aromatic N) is 2. The Balaban J connectivity index is 1.48. The van der Waals surface area contributed by atoms with E-state index in [0.29, 0.717) is 22.4 Å². The van der Waals surface area contributed by atoms with Gasteiger partial charge in [-0.2, -0.15) is 0 Å². The Labute approximate surface area is 150 Å². The highest BCUT2D eigenvalue weighted by Gasteiger charge is 2.32. The molecule has 6 heteroatoms. The van der Waals surface area contributed by atoms with Gasteiger partial charge in [-0.15, -0.1) is 21.5 Å². The minimum atomic E-state index is -0.0276. The van der Waals surface area contributed by atoms with Gasteiger partial charge in [0.15, 0.2) is 0 Å². The molecule has 1 saturated carbocycles. The van der Waals surface area contributed by atoms with Gasteiger partial charge in [-0.1, -0.05) is 32.1 Å². The number of aromatic nitrogens is 2. The summed E-state index contributed by atoms with van der Waals surface area (Å²) >= 11 is 3.26. The van der Waals surface area contributed by atoms with Gasteiger partial charge in [0.2, 0.25) is 5.13 Å². The van der Waals surface area contributed by atoms with Crippen molar-refractivity contribution in [2.75, 3.05) is 5.32 Å². The van der Waals surface area contributed by atoms with Gasteiger partial charge in [0, 0.05) is 16.2 Å². The van der Waals surface area contributed by atoms with Crippen molar-refractivity contribution in [1.29, 1.82) is 0 Å². The number of fused-ring (bicyclic) bond motifs is 1. The van der Waals surface area contributed by atoms with Gasteiger partial charge >= 0.3 is 0 Å². The number of nitrogens with one attached hydrogen (secondary N) is 1. The molecule has 2 aromatic heterocycles. The van der Waals surface area contributed by atoms with Gasteiger partial charge < -0.3 is 0 Å². The number of carbonyl (C=O) groups is 1. The van der Waals surface area contributed by atoms with E-state index >= 15 is 0 Å². The fraction of sp³-hybridized carbons (Fsp3) is 0.611. The molecule has 2 heterocycles. The molecule has 1 amide bonds. The summed E-state index contributed by atoms with van der Waals surface area (Å²) < 4.78 is 0. The first-order chi connectivity index (χ1) is 11.4. The molecule has 0 bridgehead atoms. The summed E-state index contributed by atoms with van der Waals surface area (Å²) in [5.74, 6) is 1.25. The summed E-state index contributed by atoms with van der Waals surface area (Å²) in [5, 5.41) is 15.0. The summed E-state index contributed by atoms with van der Waals surface area (Å²) in [6.45, 7) is 6.95. The minimum absolute atomic E-state index is 0.0276. The Morgan fingerprint density at radius 2 is 2.04 bits per heavy atom. The van der Waals surface area contributed by atoms with Crippen molar-refractivity contribution in [3.63, 3.8) is 0 Å². The zero-order valence-corrected chi connectivity index (χ0v) is 16.0. The Morgan fingerprint density at radius 3 is 2.75 bits per heavy atom. The highest BCUT2D eigenvalue weighted by molar-refractivity contribution is 7.15. The van der Waals surface area contributed by atoms with Crippen LogP contribution in [-0.2, 0) is 12.8 Å². The standard InChI is InChI=1S/C18H23N3OS2/c1-18(2,3)11-6-7-12-13(9-23-14(12)8-11)15(22)19-17-21-20-16(24-17)10-4-5-10/h9-11H,4-8H2,1-3H3,(H,19,21,22).